The number of carbonyl (C=O) groups is 1. The molecule has 1 fully saturated rings. The van der Waals surface area contributed by atoms with Crippen LogP contribution in [0.25, 0.3) is 10.9 Å². The molecule has 3 aromatic rings. The second-order valence-corrected chi connectivity index (χ2v) is 8.12. The van der Waals surface area contributed by atoms with Crippen molar-refractivity contribution in [3.63, 3.8) is 0 Å². The van der Waals surface area contributed by atoms with Crippen molar-refractivity contribution in [2.45, 2.75) is 31.7 Å². The van der Waals surface area contributed by atoms with E-state index in [0.29, 0.717) is 12.5 Å². The van der Waals surface area contributed by atoms with Gasteiger partial charge in [0.1, 0.15) is 0 Å². The summed E-state index contributed by atoms with van der Waals surface area (Å²) in [6, 6.07) is 17.7. The molecule has 1 aliphatic heterocycles. The fraction of sp³-hybridized carbons (Fsp3) is 0.375. The Kier molecular flexibility index (Phi) is 4.65. The van der Waals surface area contributed by atoms with Crippen LogP contribution < -0.4 is 0 Å². The summed E-state index contributed by atoms with van der Waals surface area (Å²) in [4.78, 5) is 20.8. The van der Waals surface area contributed by atoms with E-state index in [2.05, 4.69) is 51.2 Å². The van der Waals surface area contributed by atoms with Crippen molar-refractivity contribution in [1.29, 1.82) is 0 Å². The fourth-order valence-electron chi connectivity index (χ4n) is 4.88. The highest BCUT2D eigenvalue weighted by molar-refractivity contribution is 5.88. The third-order valence-electron chi connectivity index (χ3n) is 6.52. The van der Waals surface area contributed by atoms with E-state index >= 15 is 0 Å². The minimum absolute atomic E-state index is 0.249. The lowest BCUT2D eigenvalue weighted by atomic mass is 9.87. The zero-order chi connectivity index (χ0) is 18.9. The standard InChI is InChI=1S/C24H27N3O/c28-24(16-20-17-25-23-8-4-3-7-22(20)23)27-13-11-26(12-14-27)21-10-9-18-5-1-2-6-19(18)15-21/h1-8,17,21,25H,9-16H2/t21-/m0/s1. The number of hydrogen-bond donors (Lipinski definition) is 1. The van der Waals surface area contributed by atoms with Crippen LogP contribution in [-0.4, -0.2) is 52.9 Å². The predicted octanol–water partition coefficient (Wildman–Crippen LogP) is 3.41. The number of carbonyl (C=O) groups excluding carboxylic acids is 1. The Labute approximate surface area is 166 Å². The number of para-hydroxylation sites is 1. The van der Waals surface area contributed by atoms with Gasteiger partial charge in [-0.1, -0.05) is 42.5 Å². The molecule has 144 valence electrons. The summed E-state index contributed by atoms with van der Waals surface area (Å²) in [5, 5.41) is 1.16. The normalized spacial score (nSPS) is 20.3. The zero-order valence-electron chi connectivity index (χ0n) is 16.2. The summed E-state index contributed by atoms with van der Waals surface area (Å²) >= 11 is 0. The molecule has 1 amide bonds. The first-order valence-electron chi connectivity index (χ1n) is 10.4. The maximum absolute atomic E-state index is 12.8. The third kappa shape index (κ3) is 3.33. The van der Waals surface area contributed by atoms with Crippen molar-refractivity contribution >= 4 is 16.8 Å². The Bertz CT molecular complexity index is 984. The average molecular weight is 374 g/mol. The van der Waals surface area contributed by atoms with Crippen molar-refractivity contribution < 1.29 is 4.79 Å². The Hall–Kier alpha value is -2.59. The number of fused-ring (bicyclic) bond motifs is 2. The number of nitrogens with zero attached hydrogens (tertiary/aromatic N) is 2. The molecule has 28 heavy (non-hydrogen) atoms. The summed E-state index contributed by atoms with van der Waals surface area (Å²) in [7, 11) is 0. The fourth-order valence-corrected chi connectivity index (χ4v) is 4.88. The molecular formula is C24H27N3O. The minimum atomic E-state index is 0.249. The first kappa shape index (κ1) is 17.5. The number of rotatable bonds is 3. The predicted molar refractivity (Wildman–Crippen MR) is 112 cm³/mol. The summed E-state index contributed by atoms with van der Waals surface area (Å²) in [5.74, 6) is 0.249. The number of amides is 1. The average Bonchev–Trinajstić information content (AvgIpc) is 3.16. The number of nitrogens with one attached hydrogen (secondary N) is 1. The van der Waals surface area contributed by atoms with Crippen molar-refractivity contribution in [2.75, 3.05) is 26.2 Å². The number of benzene rings is 2. The van der Waals surface area contributed by atoms with Crippen LogP contribution in [0.1, 0.15) is 23.1 Å². The first-order valence-corrected chi connectivity index (χ1v) is 10.4. The molecular weight excluding hydrogens is 346 g/mol. The van der Waals surface area contributed by atoms with Gasteiger partial charge in [0.2, 0.25) is 5.91 Å². The molecule has 2 aromatic carbocycles. The molecule has 5 rings (SSSR count). The number of H-pyrrole nitrogens is 1. The Morgan fingerprint density at radius 3 is 2.57 bits per heavy atom. The van der Waals surface area contributed by atoms with Crippen molar-refractivity contribution in [3.05, 3.63) is 71.4 Å². The van der Waals surface area contributed by atoms with Gasteiger partial charge in [0.05, 0.1) is 6.42 Å². The molecule has 4 heteroatoms. The maximum atomic E-state index is 12.8. The number of piperazine rings is 1. The molecule has 0 saturated carbocycles. The van der Waals surface area contributed by atoms with E-state index in [-0.39, 0.29) is 5.91 Å². The van der Waals surface area contributed by atoms with Crippen LogP contribution in [0, 0.1) is 0 Å². The number of aromatic amines is 1. The van der Waals surface area contributed by atoms with E-state index in [1.54, 1.807) is 0 Å². The summed E-state index contributed by atoms with van der Waals surface area (Å²) in [6.45, 7) is 3.68. The molecule has 2 heterocycles. The van der Waals surface area contributed by atoms with E-state index in [0.717, 1.165) is 49.1 Å². The zero-order valence-corrected chi connectivity index (χ0v) is 16.2. The second-order valence-electron chi connectivity index (χ2n) is 8.12. The monoisotopic (exact) mass is 373 g/mol. The summed E-state index contributed by atoms with van der Waals surface area (Å²) < 4.78 is 0. The number of hydrogen-bond acceptors (Lipinski definition) is 2. The molecule has 1 atom stereocenters. The van der Waals surface area contributed by atoms with Crippen molar-refractivity contribution in [1.82, 2.24) is 14.8 Å². The van der Waals surface area contributed by atoms with Gasteiger partial charge in [-0.05, 0) is 42.0 Å². The van der Waals surface area contributed by atoms with Crippen LogP contribution in [0.3, 0.4) is 0 Å². The SMILES string of the molecule is O=C(Cc1c[nH]c2ccccc12)N1CCN([C@H]2CCc3ccccc3C2)CC1. The molecule has 1 saturated heterocycles. The lowest BCUT2D eigenvalue weighted by Gasteiger charge is -2.41. The van der Waals surface area contributed by atoms with E-state index in [4.69, 9.17) is 0 Å². The molecule has 0 radical (unpaired) electrons. The molecule has 0 spiro atoms. The van der Waals surface area contributed by atoms with Crippen LogP contribution in [0.4, 0.5) is 0 Å². The van der Waals surface area contributed by atoms with Crippen LogP contribution in [-0.2, 0) is 24.1 Å². The topological polar surface area (TPSA) is 39.3 Å². The summed E-state index contributed by atoms with van der Waals surface area (Å²) in [6.07, 6.45) is 6.04. The van der Waals surface area contributed by atoms with Gasteiger partial charge in [0, 0.05) is 49.3 Å². The Morgan fingerprint density at radius 1 is 0.964 bits per heavy atom. The highest BCUT2D eigenvalue weighted by Crippen LogP contribution is 2.25. The second kappa shape index (κ2) is 7.44. The van der Waals surface area contributed by atoms with Gasteiger partial charge in [0.25, 0.3) is 0 Å². The molecule has 1 N–H and O–H groups in total. The van der Waals surface area contributed by atoms with E-state index < -0.39 is 0 Å². The van der Waals surface area contributed by atoms with E-state index in [1.807, 2.05) is 18.3 Å². The maximum Gasteiger partial charge on any atom is 0.227 e. The quantitative estimate of drug-likeness (QED) is 0.764. The van der Waals surface area contributed by atoms with Gasteiger partial charge in [-0.25, -0.2) is 0 Å². The van der Waals surface area contributed by atoms with Crippen LogP contribution in [0.2, 0.25) is 0 Å². The van der Waals surface area contributed by atoms with Crippen LogP contribution >= 0.6 is 0 Å². The molecule has 0 bridgehead atoms. The molecule has 2 aliphatic rings. The van der Waals surface area contributed by atoms with Gasteiger partial charge >= 0.3 is 0 Å². The highest BCUT2D eigenvalue weighted by Gasteiger charge is 2.28. The highest BCUT2D eigenvalue weighted by atomic mass is 16.2. The Morgan fingerprint density at radius 2 is 1.71 bits per heavy atom. The van der Waals surface area contributed by atoms with Crippen LogP contribution in [0.5, 0.6) is 0 Å². The lowest BCUT2D eigenvalue weighted by Crippen LogP contribution is -2.53. The first-order chi connectivity index (χ1) is 13.8. The number of aryl methyl sites for hydroxylation is 1. The summed E-state index contributed by atoms with van der Waals surface area (Å²) in [5.41, 5.74) is 5.24. The van der Waals surface area contributed by atoms with Crippen molar-refractivity contribution in [3.8, 4) is 0 Å². The molecule has 4 nitrogen and oxygen atoms in total. The molecule has 1 aliphatic carbocycles. The van der Waals surface area contributed by atoms with E-state index in [1.165, 1.54) is 24.0 Å². The van der Waals surface area contributed by atoms with Crippen molar-refractivity contribution in [2.24, 2.45) is 0 Å². The number of aromatic nitrogens is 1. The van der Waals surface area contributed by atoms with Gasteiger partial charge < -0.3 is 9.88 Å². The van der Waals surface area contributed by atoms with E-state index in [9.17, 15) is 4.79 Å². The van der Waals surface area contributed by atoms with Gasteiger partial charge in [-0.15, -0.1) is 0 Å². The van der Waals surface area contributed by atoms with Gasteiger partial charge in [-0.2, -0.15) is 0 Å². The Balaban J connectivity index is 1.19. The van der Waals surface area contributed by atoms with Gasteiger partial charge in [0.15, 0.2) is 0 Å². The largest absolute Gasteiger partial charge is 0.361 e. The third-order valence-corrected chi connectivity index (χ3v) is 6.52. The van der Waals surface area contributed by atoms with Crippen LogP contribution in [0.15, 0.2) is 54.7 Å². The minimum Gasteiger partial charge on any atom is -0.361 e. The molecule has 1 aromatic heterocycles. The smallest absolute Gasteiger partial charge is 0.227 e. The molecule has 0 unspecified atom stereocenters. The lowest BCUT2D eigenvalue weighted by molar-refractivity contribution is -0.132. The van der Waals surface area contributed by atoms with Gasteiger partial charge in [-0.3, -0.25) is 9.69 Å².